The number of fused-ring (bicyclic) bond motifs is 3. The van der Waals surface area contributed by atoms with Gasteiger partial charge in [-0.2, -0.15) is 0 Å². The van der Waals surface area contributed by atoms with Crippen LogP contribution in [0.25, 0.3) is 11.1 Å². The fourth-order valence-electron chi connectivity index (χ4n) is 7.32. The average Bonchev–Trinajstić information content (AvgIpc) is 2.99. The summed E-state index contributed by atoms with van der Waals surface area (Å²) in [6.07, 6.45) is 0.200. The number of hydrogen-bond acceptors (Lipinski definition) is 9. The second-order valence-electron chi connectivity index (χ2n) is 12.4. The Bertz CT molecular complexity index is 1850. The summed E-state index contributed by atoms with van der Waals surface area (Å²) in [5.41, 5.74) is 5.46. The fourth-order valence-corrected chi connectivity index (χ4v) is 7.32. The molecule has 0 saturated carbocycles. The highest BCUT2D eigenvalue weighted by Gasteiger charge is 2.63. The van der Waals surface area contributed by atoms with Crippen molar-refractivity contribution in [1.29, 1.82) is 0 Å². The Morgan fingerprint density at radius 1 is 1.02 bits per heavy atom. The van der Waals surface area contributed by atoms with Gasteiger partial charge in [-0.25, -0.2) is 4.39 Å². The zero-order valence-electron chi connectivity index (χ0n) is 25.3. The van der Waals surface area contributed by atoms with E-state index in [2.05, 4.69) is 5.32 Å². The van der Waals surface area contributed by atoms with Gasteiger partial charge in [-0.1, -0.05) is 42.5 Å². The number of phenolic OH excluding ortho intramolecular Hbond substituents is 1. The zero-order valence-corrected chi connectivity index (χ0v) is 25.3. The van der Waals surface area contributed by atoms with Gasteiger partial charge in [0.15, 0.2) is 11.4 Å². The highest BCUT2D eigenvalue weighted by molar-refractivity contribution is 6.24. The van der Waals surface area contributed by atoms with Crippen LogP contribution in [0.4, 0.5) is 4.39 Å². The zero-order chi connectivity index (χ0) is 33.1. The highest BCUT2D eigenvalue weighted by Crippen LogP contribution is 2.53. The number of carbonyl (C=O) groups is 3. The van der Waals surface area contributed by atoms with E-state index in [-0.39, 0.29) is 35.5 Å². The van der Waals surface area contributed by atoms with Gasteiger partial charge in [0.05, 0.1) is 11.6 Å². The molecule has 10 nitrogen and oxygen atoms in total. The van der Waals surface area contributed by atoms with E-state index in [1.165, 1.54) is 23.1 Å². The minimum atomic E-state index is -2.68. The molecule has 0 fully saturated rings. The van der Waals surface area contributed by atoms with Gasteiger partial charge in [0, 0.05) is 24.6 Å². The van der Waals surface area contributed by atoms with E-state index >= 15 is 0 Å². The van der Waals surface area contributed by atoms with Crippen molar-refractivity contribution in [3.8, 4) is 16.9 Å². The van der Waals surface area contributed by atoms with E-state index in [0.717, 1.165) is 16.7 Å². The molecular weight excluding hydrogens is 593 g/mol. The molecule has 0 radical (unpaired) electrons. The minimum absolute atomic E-state index is 0.0107. The van der Waals surface area contributed by atoms with Crippen LogP contribution in [-0.4, -0.2) is 68.5 Å². The molecule has 3 aliphatic rings. The van der Waals surface area contributed by atoms with Crippen molar-refractivity contribution in [3.63, 3.8) is 0 Å². The standard InChI is InChI=1S/C35H34FN3O7/c1-39(2)29-24-14-20-13-23-22(19-8-6-17(7-9-19)15-38-16-18-4-3-5-21(36)12-18)10-11-25(40)27(23)30(41)26(20)32(43)35(24,46)33(44)28(31(29)42)34(37)45/h3-12,20,24,29,38,40,42-43,46H,13-16H2,1-2H3,(H2,37,45)/t20-,24+,29-,35+/m1/s1. The van der Waals surface area contributed by atoms with Gasteiger partial charge in [0.1, 0.15) is 28.7 Å². The molecule has 3 aliphatic carbocycles. The lowest BCUT2D eigenvalue weighted by Gasteiger charge is -2.50. The summed E-state index contributed by atoms with van der Waals surface area (Å²) in [4.78, 5) is 41.2. The lowest BCUT2D eigenvalue weighted by molar-refractivity contribution is -0.148. The molecule has 0 bridgehead atoms. The summed E-state index contributed by atoms with van der Waals surface area (Å²) >= 11 is 0. The Kier molecular flexibility index (Phi) is 7.79. The lowest BCUT2D eigenvalue weighted by Crippen LogP contribution is -2.63. The second kappa shape index (κ2) is 11.5. The first kappa shape index (κ1) is 31.2. The number of benzene rings is 3. The summed E-state index contributed by atoms with van der Waals surface area (Å²) in [6.45, 7) is 1.03. The third-order valence-electron chi connectivity index (χ3n) is 9.42. The number of Topliss-reactive ketones (excluding diaryl/α,β-unsaturated/α-hetero) is 2. The van der Waals surface area contributed by atoms with Crippen LogP contribution in [0.5, 0.6) is 5.75 Å². The topological polar surface area (TPSA) is 173 Å². The van der Waals surface area contributed by atoms with Gasteiger partial charge >= 0.3 is 0 Å². The predicted molar refractivity (Wildman–Crippen MR) is 166 cm³/mol. The van der Waals surface area contributed by atoms with Gasteiger partial charge in [0.25, 0.3) is 5.91 Å². The molecule has 4 atom stereocenters. The number of halogens is 1. The average molecular weight is 628 g/mol. The molecule has 7 N–H and O–H groups in total. The predicted octanol–water partition coefficient (Wildman–Crippen LogP) is 3.22. The molecule has 3 aromatic carbocycles. The number of amides is 1. The number of rotatable bonds is 7. The molecule has 1 amide bonds. The van der Waals surface area contributed by atoms with E-state index in [0.29, 0.717) is 24.2 Å². The summed E-state index contributed by atoms with van der Waals surface area (Å²) < 4.78 is 13.5. The van der Waals surface area contributed by atoms with Crippen LogP contribution >= 0.6 is 0 Å². The van der Waals surface area contributed by atoms with Gasteiger partial charge in [0.2, 0.25) is 5.78 Å². The number of allylic oxidation sites excluding steroid dienone is 1. The number of aromatic hydroxyl groups is 1. The Morgan fingerprint density at radius 3 is 2.37 bits per heavy atom. The molecule has 0 aliphatic heterocycles. The molecule has 0 spiro atoms. The first-order valence-electron chi connectivity index (χ1n) is 14.9. The number of nitrogens with zero attached hydrogens (tertiary/aromatic N) is 1. The normalized spacial score (nSPS) is 24.2. The molecule has 6 rings (SSSR count). The molecule has 0 heterocycles. The summed E-state index contributed by atoms with van der Waals surface area (Å²) in [7, 11) is 3.17. The van der Waals surface area contributed by atoms with Crippen molar-refractivity contribution in [1.82, 2.24) is 10.2 Å². The van der Waals surface area contributed by atoms with Crippen molar-refractivity contribution in [2.24, 2.45) is 17.6 Å². The van der Waals surface area contributed by atoms with Crippen molar-refractivity contribution in [2.45, 2.75) is 37.6 Å². The maximum Gasteiger partial charge on any atom is 0.255 e. The Morgan fingerprint density at radius 2 is 1.72 bits per heavy atom. The number of carbonyl (C=O) groups excluding carboxylic acids is 3. The fraction of sp³-hybridized carbons (Fsp3) is 0.286. The molecule has 11 heteroatoms. The van der Waals surface area contributed by atoms with Crippen LogP contribution in [0.2, 0.25) is 0 Å². The molecule has 238 valence electrons. The minimum Gasteiger partial charge on any atom is -0.510 e. The SMILES string of the molecule is CN(C)[C@H]1C(O)=C(C(N)=O)C(=O)[C@@]2(O)C(O)=C3C(=O)c4c(O)ccc(-c5ccc(CNCc6cccc(F)c6)cc5)c4C[C@@H]3C[C@@H]12. The van der Waals surface area contributed by atoms with E-state index in [4.69, 9.17) is 5.73 Å². The van der Waals surface area contributed by atoms with Crippen LogP contribution in [0.3, 0.4) is 0 Å². The van der Waals surface area contributed by atoms with Crippen LogP contribution in [-0.2, 0) is 29.1 Å². The molecule has 0 saturated heterocycles. The largest absolute Gasteiger partial charge is 0.510 e. The Balaban J connectivity index is 1.34. The molecule has 46 heavy (non-hydrogen) atoms. The Hall–Kier alpha value is -4.84. The molecule has 3 aromatic rings. The number of likely N-dealkylation sites (N-methyl/N-ethyl adjacent to an activating group) is 1. The number of hydrogen-bond donors (Lipinski definition) is 6. The monoisotopic (exact) mass is 627 g/mol. The number of nitrogens with two attached hydrogens (primary N) is 1. The van der Waals surface area contributed by atoms with Crippen LogP contribution in [0, 0.1) is 17.7 Å². The highest BCUT2D eigenvalue weighted by atomic mass is 19.1. The number of phenols is 1. The van der Waals surface area contributed by atoms with Crippen LogP contribution in [0.1, 0.15) is 33.5 Å². The summed E-state index contributed by atoms with van der Waals surface area (Å²) in [5, 5.41) is 48.3. The lowest BCUT2D eigenvalue weighted by atomic mass is 9.58. The first-order valence-corrected chi connectivity index (χ1v) is 14.9. The van der Waals surface area contributed by atoms with Crippen molar-refractivity contribution >= 4 is 17.5 Å². The molecular formula is C35H34FN3O7. The van der Waals surface area contributed by atoms with Gasteiger partial charge in [-0.05, 0) is 78.9 Å². The van der Waals surface area contributed by atoms with Crippen LogP contribution in [0.15, 0.2) is 83.3 Å². The second-order valence-corrected chi connectivity index (χ2v) is 12.4. The van der Waals surface area contributed by atoms with Crippen molar-refractivity contribution in [2.75, 3.05) is 14.1 Å². The number of nitrogens with one attached hydrogen (secondary N) is 1. The van der Waals surface area contributed by atoms with Crippen LogP contribution < -0.4 is 11.1 Å². The number of aliphatic hydroxyl groups excluding tert-OH is 2. The summed E-state index contributed by atoms with van der Waals surface area (Å²) in [6, 6.07) is 16.1. The van der Waals surface area contributed by atoms with E-state index < -0.39 is 58.0 Å². The molecule has 0 unspecified atom stereocenters. The quantitative estimate of drug-likeness (QED) is 0.215. The number of ketones is 2. The van der Waals surface area contributed by atoms with E-state index in [9.17, 15) is 39.2 Å². The first-order chi connectivity index (χ1) is 21.8. The van der Waals surface area contributed by atoms with E-state index in [1.54, 1.807) is 26.2 Å². The van der Waals surface area contributed by atoms with E-state index in [1.807, 2.05) is 30.3 Å². The van der Waals surface area contributed by atoms with Gasteiger partial charge < -0.3 is 31.5 Å². The molecule has 0 aromatic heterocycles. The third kappa shape index (κ3) is 4.87. The number of primary amides is 1. The third-order valence-corrected chi connectivity index (χ3v) is 9.42. The Labute approximate surface area is 264 Å². The maximum atomic E-state index is 14.0. The van der Waals surface area contributed by atoms with Crippen molar-refractivity contribution in [3.05, 3.63) is 111 Å². The van der Waals surface area contributed by atoms with Gasteiger partial charge in [-0.15, -0.1) is 0 Å². The number of aliphatic hydroxyl groups is 3. The maximum absolute atomic E-state index is 14.0. The smallest absolute Gasteiger partial charge is 0.255 e. The van der Waals surface area contributed by atoms with Gasteiger partial charge in [-0.3, -0.25) is 19.3 Å². The van der Waals surface area contributed by atoms with Crippen molar-refractivity contribution < 1.29 is 39.2 Å². The summed E-state index contributed by atoms with van der Waals surface area (Å²) in [5.74, 6) is -7.15.